The van der Waals surface area contributed by atoms with E-state index < -0.39 is 10.0 Å². The first-order valence-corrected chi connectivity index (χ1v) is 7.43. The van der Waals surface area contributed by atoms with E-state index in [2.05, 4.69) is 19.2 Å². The molecule has 18 heavy (non-hydrogen) atoms. The summed E-state index contributed by atoms with van der Waals surface area (Å²) in [7, 11) is -3.74. The molecule has 0 heterocycles. The van der Waals surface area contributed by atoms with Gasteiger partial charge >= 0.3 is 0 Å². The van der Waals surface area contributed by atoms with Crippen LogP contribution in [-0.2, 0) is 10.0 Å². The smallest absolute Gasteiger partial charge is 0.238 e. The zero-order valence-electron chi connectivity index (χ0n) is 11.0. The molecule has 0 bridgehead atoms. The number of benzene rings is 1. The van der Waals surface area contributed by atoms with Gasteiger partial charge < -0.3 is 11.1 Å². The van der Waals surface area contributed by atoms with Crippen molar-refractivity contribution in [1.29, 1.82) is 0 Å². The highest BCUT2D eigenvalue weighted by Crippen LogP contribution is 2.26. The summed E-state index contributed by atoms with van der Waals surface area (Å²) >= 11 is 0. The minimum Gasteiger partial charge on any atom is -0.399 e. The Morgan fingerprint density at radius 3 is 2.44 bits per heavy atom. The highest BCUT2D eigenvalue weighted by atomic mass is 32.2. The molecule has 0 aliphatic heterocycles. The Morgan fingerprint density at radius 1 is 1.33 bits per heavy atom. The van der Waals surface area contributed by atoms with Gasteiger partial charge in [-0.3, -0.25) is 0 Å². The number of primary sulfonamides is 1. The molecule has 0 fully saturated rings. The maximum Gasteiger partial charge on any atom is 0.238 e. The molecule has 1 aromatic carbocycles. The largest absolute Gasteiger partial charge is 0.399 e. The molecule has 0 radical (unpaired) electrons. The topological polar surface area (TPSA) is 98.2 Å². The van der Waals surface area contributed by atoms with Crippen molar-refractivity contribution in [2.45, 2.75) is 32.1 Å². The second kappa shape index (κ2) is 5.58. The van der Waals surface area contributed by atoms with Crippen LogP contribution < -0.4 is 16.2 Å². The minimum atomic E-state index is -3.74. The number of anilines is 2. The van der Waals surface area contributed by atoms with E-state index in [0.29, 0.717) is 17.2 Å². The summed E-state index contributed by atoms with van der Waals surface area (Å²) in [6.07, 6.45) is 0.999. The number of nitrogens with one attached hydrogen (secondary N) is 1. The van der Waals surface area contributed by atoms with E-state index in [1.165, 1.54) is 6.07 Å². The van der Waals surface area contributed by atoms with Crippen molar-refractivity contribution in [1.82, 2.24) is 0 Å². The van der Waals surface area contributed by atoms with Gasteiger partial charge in [0.1, 0.15) is 0 Å². The average Bonchev–Trinajstić information content (AvgIpc) is 2.20. The van der Waals surface area contributed by atoms with Crippen molar-refractivity contribution in [3.8, 4) is 0 Å². The zero-order chi connectivity index (χ0) is 13.9. The van der Waals surface area contributed by atoms with Gasteiger partial charge in [-0.1, -0.05) is 13.8 Å². The normalized spacial score (nSPS) is 11.8. The van der Waals surface area contributed by atoms with E-state index in [-0.39, 0.29) is 4.90 Å². The summed E-state index contributed by atoms with van der Waals surface area (Å²) in [4.78, 5) is 0.0783. The summed E-state index contributed by atoms with van der Waals surface area (Å²) < 4.78 is 22.9. The first kappa shape index (κ1) is 14.8. The predicted molar refractivity (Wildman–Crippen MR) is 74.9 cm³/mol. The molecule has 1 rings (SSSR count). The summed E-state index contributed by atoms with van der Waals surface area (Å²) in [5.41, 5.74) is 7.41. The molecule has 0 aliphatic rings. The minimum absolute atomic E-state index is 0.0783. The Bertz CT molecular complexity index is 524. The van der Waals surface area contributed by atoms with Crippen LogP contribution in [0.5, 0.6) is 0 Å². The van der Waals surface area contributed by atoms with Crippen LogP contribution in [-0.4, -0.2) is 15.0 Å². The molecule has 5 N–H and O–H groups in total. The summed E-state index contributed by atoms with van der Waals surface area (Å²) in [6, 6.07) is 3.11. The van der Waals surface area contributed by atoms with Gasteiger partial charge in [0.2, 0.25) is 10.0 Å². The van der Waals surface area contributed by atoms with Crippen LogP contribution in [0.25, 0.3) is 0 Å². The number of hydrogen-bond acceptors (Lipinski definition) is 4. The second-order valence-electron chi connectivity index (χ2n) is 4.85. The lowest BCUT2D eigenvalue weighted by Gasteiger charge is -2.14. The van der Waals surface area contributed by atoms with Crippen LogP contribution in [0.3, 0.4) is 0 Å². The quantitative estimate of drug-likeness (QED) is 0.710. The van der Waals surface area contributed by atoms with Crippen molar-refractivity contribution in [2.75, 3.05) is 17.6 Å². The Labute approximate surface area is 109 Å². The number of rotatable bonds is 5. The maximum absolute atomic E-state index is 11.4. The number of nitrogens with two attached hydrogens (primary N) is 2. The Kier molecular flexibility index (Phi) is 4.59. The molecule has 0 aromatic heterocycles. The lowest BCUT2D eigenvalue weighted by molar-refractivity contribution is 0.597. The molecule has 0 saturated heterocycles. The molecule has 0 unspecified atom stereocenters. The fourth-order valence-corrected chi connectivity index (χ4v) is 2.52. The molecular formula is C12H21N3O2S. The third-order valence-electron chi connectivity index (χ3n) is 2.73. The van der Waals surface area contributed by atoms with Crippen molar-refractivity contribution in [2.24, 2.45) is 11.1 Å². The van der Waals surface area contributed by atoms with Crippen LogP contribution in [0.15, 0.2) is 17.0 Å². The highest BCUT2D eigenvalue weighted by Gasteiger charge is 2.15. The van der Waals surface area contributed by atoms with E-state index in [4.69, 9.17) is 10.9 Å². The van der Waals surface area contributed by atoms with E-state index in [1.54, 1.807) is 13.0 Å². The second-order valence-corrected chi connectivity index (χ2v) is 6.38. The molecular weight excluding hydrogens is 250 g/mol. The Morgan fingerprint density at radius 2 is 1.94 bits per heavy atom. The van der Waals surface area contributed by atoms with Gasteiger partial charge in [0.05, 0.1) is 4.90 Å². The zero-order valence-corrected chi connectivity index (χ0v) is 11.8. The van der Waals surface area contributed by atoms with Crippen LogP contribution in [0, 0.1) is 12.8 Å². The molecule has 0 atom stereocenters. The van der Waals surface area contributed by atoms with Gasteiger partial charge in [-0.15, -0.1) is 0 Å². The molecule has 5 nitrogen and oxygen atoms in total. The third-order valence-corrected chi connectivity index (χ3v) is 3.76. The third kappa shape index (κ3) is 3.89. The van der Waals surface area contributed by atoms with E-state index in [9.17, 15) is 8.42 Å². The van der Waals surface area contributed by atoms with Crippen molar-refractivity contribution >= 4 is 21.4 Å². The molecule has 0 spiro atoms. The van der Waals surface area contributed by atoms with Crippen molar-refractivity contribution in [3.63, 3.8) is 0 Å². The maximum atomic E-state index is 11.4. The van der Waals surface area contributed by atoms with Crippen molar-refractivity contribution < 1.29 is 8.42 Å². The van der Waals surface area contributed by atoms with Crippen LogP contribution in [0.2, 0.25) is 0 Å². The van der Waals surface area contributed by atoms with Gasteiger partial charge in [-0.05, 0) is 37.0 Å². The van der Waals surface area contributed by atoms with Crippen LogP contribution in [0.4, 0.5) is 11.4 Å². The lowest BCUT2D eigenvalue weighted by Crippen LogP contribution is -2.16. The number of nitrogen functional groups attached to an aromatic ring is 1. The van der Waals surface area contributed by atoms with Gasteiger partial charge in [-0.25, -0.2) is 13.6 Å². The Hall–Kier alpha value is -1.27. The molecule has 0 amide bonds. The van der Waals surface area contributed by atoms with Gasteiger partial charge in [-0.2, -0.15) is 0 Å². The molecule has 6 heteroatoms. The summed E-state index contributed by atoms with van der Waals surface area (Å²) in [5, 5.41) is 8.36. The standard InChI is InChI=1S/C12H21N3O2S/c1-8(2)4-5-15-11-6-10(13)7-12(9(11)3)18(14,16)17/h6-8,15H,4-5,13H2,1-3H3,(H2,14,16,17). The summed E-state index contributed by atoms with van der Waals surface area (Å²) in [5.74, 6) is 0.580. The SMILES string of the molecule is Cc1c(NCCC(C)C)cc(N)cc1S(N)(=O)=O. The fraction of sp³-hybridized carbons (Fsp3) is 0.500. The highest BCUT2D eigenvalue weighted by molar-refractivity contribution is 7.89. The fourth-order valence-electron chi connectivity index (χ4n) is 1.68. The number of hydrogen-bond donors (Lipinski definition) is 3. The van der Waals surface area contributed by atoms with Crippen molar-refractivity contribution in [3.05, 3.63) is 17.7 Å². The first-order chi connectivity index (χ1) is 8.21. The molecule has 1 aromatic rings. The van der Waals surface area contributed by atoms with Gasteiger partial charge in [0, 0.05) is 17.9 Å². The van der Waals surface area contributed by atoms with Gasteiger partial charge in [0.15, 0.2) is 0 Å². The van der Waals surface area contributed by atoms with Gasteiger partial charge in [0.25, 0.3) is 0 Å². The van der Waals surface area contributed by atoms with E-state index in [1.807, 2.05) is 0 Å². The van der Waals surface area contributed by atoms with Crippen LogP contribution >= 0.6 is 0 Å². The average molecular weight is 271 g/mol. The van der Waals surface area contributed by atoms with E-state index in [0.717, 1.165) is 18.7 Å². The first-order valence-electron chi connectivity index (χ1n) is 5.88. The van der Waals surface area contributed by atoms with E-state index >= 15 is 0 Å². The molecule has 0 saturated carbocycles. The van der Waals surface area contributed by atoms with Crippen LogP contribution in [0.1, 0.15) is 25.8 Å². The monoisotopic (exact) mass is 271 g/mol. The molecule has 0 aliphatic carbocycles. The number of sulfonamides is 1. The molecule has 102 valence electrons. The lowest BCUT2D eigenvalue weighted by atomic mass is 10.1. The Balaban J connectivity index is 3.03. The summed E-state index contributed by atoms with van der Waals surface area (Å²) in [6.45, 7) is 6.75. The predicted octanol–water partition coefficient (Wildman–Crippen LogP) is 1.68.